The third-order valence-electron chi connectivity index (χ3n) is 9.64. The Hall–Kier alpha value is -1.14. The van der Waals surface area contributed by atoms with Crippen molar-refractivity contribution in [3.05, 3.63) is 0 Å². The zero-order chi connectivity index (χ0) is 32.2. The van der Waals surface area contributed by atoms with E-state index in [0.717, 1.165) is 38.5 Å². The van der Waals surface area contributed by atoms with Gasteiger partial charge in [-0.3, -0.25) is 9.59 Å². The molecular formula is C39H72O6. The van der Waals surface area contributed by atoms with Crippen molar-refractivity contribution in [2.24, 2.45) is 0 Å². The highest BCUT2D eigenvalue weighted by atomic mass is 16.6. The largest absolute Gasteiger partial charge is 0.465 e. The van der Waals surface area contributed by atoms with Gasteiger partial charge < -0.3 is 18.9 Å². The predicted octanol–water partition coefficient (Wildman–Crippen LogP) is 11.0. The van der Waals surface area contributed by atoms with Gasteiger partial charge in [-0.25, -0.2) is 0 Å². The van der Waals surface area contributed by atoms with Crippen LogP contribution in [-0.4, -0.2) is 49.6 Å². The lowest BCUT2D eigenvalue weighted by atomic mass is 10.0. The van der Waals surface area contributed by atoms with Gasteiger partial charge in [0.25, 0.3) is 0 Å². The van der Waals surface area contributed by atoms with E-state index in [1.807, 2.05) is 0 Å². The molecule has 264 valence electrons. The summed E-state index contributed by atoms with van der Waals surface area (Å²) in [6.07, 6.45) is 36.9. The number of carbonyl (C=O) groups is 2. The quantitative estimate of drug-likeness (QED) is 0.0303. The Balaban J connectivity index is 1.27. The molecule has 0 aliphatic carbocycles. The first-order valence-corrected chi connectivity index (χ1v) is 19.8. The van der Waals surface area contributed by atoms with E-state index in [0.29, 0.717) is 37.6 Å². The molecule has 2 aliphatic heterocycles. The lowest BCUT2D eigenvalue weighted by Crippen LogP contribution is -2.15. The van der Waals surface area contributed by atoms with E-state index in [4.69, 9.17) is 18.9 Å². The number of epoxide rings is 2. The first-order valence-electron chi connectivity index (χ1n) is 19.8. The smallest absolute Gasteiger partial charge is 0.317 e. The molecule has 0 radical (unpaired) electrons. The molecular weight excluding hydrogens is 564 g/mol. The number of carbonyl (C=O) groups excluding carboxylic acids is 2. The predicted molar refractivity (Wildman–Crippen MR) is 184 cm³/mol. The summed E-state index contributed by atoms with van der Waals surface area (Å²) in [4.78, 5) is 23.9. The van der Waals surface area contributed by atoms with Crippen molar-refractivity contribution in [2.45, 2.75) is 224 Å². The molecule has 0 N–H and O–H groups in total. The molecule has 6 nitrogen and oxygen atoms in total. The van der Waals surface area contributed by atoms with Gasteiger partial charge in [0.1, 0.15) is 6.42 Å². The highest BCUT2D eigenvalue weighted by Gasteiger charge is 2.37. The fourth-order valence-corrected chi connectivity index (χ4v) is 6.55. The number of rotatable bonds is 34. The Kier molecular flexibility index (Phi) is 24.8. The molecule has 2 heterocycles. The fraction of sp³-hybridized carbons (Fsp3) is 0.949. The van der Waals surface area contributed by atoms with Gasteiger partial charge in [0, 0.05) is 0 Å². The third kappa shape index (κ3) is 23.8. The fourth-order valence-electron chi connectivity index (χ4n) is 6.55. The second-order valence-electron chi connectivity index (χ2n) is 14.0. The average Bonchev–Trinajstić information content (AvgIpc) is 3.96. The van der Waals surface area contributed by atoms with Gasteiger partial charge in [-0.2, -0.15) is 0 Å². The molecule has 2 aliphatic rings. The van der Waals surface area contributed by atoms with Gasteiger partial charge in [0.2, 0.25) is 0 Å². The molecule has 0 aromatic heterocycles. The molecule has 6 heteroatoms. The number of hydrogen-bond acceptors (Lipinski definition) is 6. The van der Waals surface area contributed by atoms with Crippen LogP contribution in [0, 0.1) is 0 Å². The molecule has 0 bridgehead atoms. The zero-order valence-corrected chi connectivity index (χ0v) is 29.7. The molecule has 45 heavy (non-hydrogen) atoms. The summed E-state index contributed by atoms with van der Waals surface area (Å²) in [5.74, 6) is -0.987. The Labute approximate surface area is 277 Å². The maximum absolute atomic E-state index is 12.0. The number of hydrogen-bond donors (Lipinski definition) is 0. The first-order chi connectivity index (χ1) is 22.1. The normalized spacial score (nSPS) is 20.3. The Morgan fingerprint density at radius 1 is 0.400 bits per heavy atom. The maximum Gasteiger partial charge on any atom is 0.317 e. The lowest BCUT2D eigenvalue weighted by Gasteiger charge is -2.05. The first kappa shape index (κ1) is 40.0. The summed E-state index contributed by atoms with van der Waals surface area (Å²) < 4.78 is 22.1. The molecule has 2 rings (SSSR count). The van der Waals surface area contributed by atoms with Crippen molar-refractivity contribution < 1.29 is 28.5 Å². The van der Waals surface area contributed by atoms with Crippen LogP contribution in [0.25, 0.3) is 0 Å². The summed E-state index contributed by atoms with van der Waals surface area (Å²) >= 11 is 0. The molecule has 2 fully saturated rings. The molecule has 4 atom stereocenters. The van der Waals surface area contributed by atoms with Gasteiger partial charge in [0.05, 0.1) is 37.6 Å². The van der Waals surface area contributed by atoms with Gasteiger partial charge in [0.15, 0.2) is 0 Å². The molecule has 2 saturated heterocycles. The van der Waals surface area contributed by atoms with Crippen molar-refractivity contribution in [3.8, 4) is 0 Å². The summed E-state index contributed by atoms with van der Waals surface area (Å²) in [7, 11) is 0. The minimum absolute atomic E-state index is 0.303. The van der Waals surface area contributed by atoms with Crippen molar-refractivity contribution in [1.82, 2.24) is 0 Å². The highest BCUT2D eigenvalue weighted by molar-refractivity contribution is 5.91. The van der Waals surface area contributed by atoms with E-state index in [1.54, 1.807) is 0 Å². The minimum atomic E-state index is -0.494. The number of ether oxygens (including phenoxy) is 4. The SMILES string of the molecule is CCCCCCCCCCCCCC1OC1CCCOC(=O)CC(=O)OCCCC1OC1CCCCCCCCCCCCC. The summed E-state index contributed by atoms with van der Waals surface area (Å²) in [6.45, 7) is 5.23. The van der Waals surface area contributed by atoms with E-state index in [2.05, 4.69) is 13.8 Å². The molecule has 0 aromatic rings. The van der Waals surface area contributed by atoms with E-state index in [9.17, 15) is 9.59 Å². The Bertz CT molecular complexity index is 654. The van der Waals surface area contributed by atoms with Gasteiger partial charge >= 0.3 is 11.9 Å². The molecule has 0 saturated carbocycles. The standard InChI is InChI=1S/C39H72O6/c1-3-5-7-9-11-13-15-17-19-21-23-27-34-36(44-34)29-25-31-42-38(40)33-39(41)43-32-26-30-37-35(45-37)28-24-22-20-18-16-14-12-10-8-6-4-2/h34-37H,3-33H2,1-2H3. The molecule has 4 unspecified atom stereocenters. The van der Waals surface area contributed by atoms with Crippen LogP contribution >= 0.6 is 0 Å². The highest BCUT2D eigenvalue weighted by Crippen LogP contribution is 2.32. The van der Waals surface area contributed by atoms with Crippen LogP contribution in [0.4, 0.5) is 0 Å². The minimum Gasteiger partial charge on any atom is -0.465 e. The second kappa shape index (κ2) is 27.9. The van der Waals surface area contributed by atoms with Crippen LogP contribution in [0.5, 0.6) is 0 Å². The van der Waals surface area contributed by atoms with Crippen molar-refractivity contribution in [3.63, 3.8) is 0 Å². The average molecular weight is 637 g/mol. The van der Waals surface area contributed by atoms with Crippen LogP contribution in [0.3, 0.4) is 0 Å². The van der Waals surface area contributed by atoms with Crippen LogP contribution < -0.4 is 0 Å². The van der Waals surface area contributed by atoms with Crippen molar-refractivity contribution in [1.29, 1.82) is 0 Å². The summed E-state index contributed by atoms with van der Waals surface area (Å²) in [5.41, 5.74) is 0. The topological polar surface area (TPSA) is 77.7 Å². The van der Waals surface area contributed by atoms with Crippen LogP contribution in [0.1, 0.15) is 200 Å². The summed E-state index contributed by atoms with van der Waals surface area (Å²) in [5, 5.41) is 0. The van der Waals surface area contributed by atoms with Gasteiger partial charge in [-0.1, -0.05) is 155 Å². The van der Waals surface area contributed by atoms with E-state index in [1.165, 1.54) is 141 Å². The van der Waals surface area contributed by atoms with Gasteiger partial charge in [-0.05, 0) is 38.5 Å². The summed E-state index contributed by atoms with van der Waals surface area (Å²) in [6, 6.07) is 0. The lowest BCUT2D eigenvalue weighted by molar-refractivity contribution is -0.154. The number of esters is 2. The second-order valence-corrected chi connectivity index (χ2v) is 14.0. The zero-order valence-electron chi connectivity index (χ0n) is 29.7. The maximum atomic E-state index is 12.0. The number of unbranched alkanes of at least 4 members (excludes halogenated alkanes) is 20. The third-order valence-corrected chi connectivity index (χ3v) is 9.64. The van der Waals surface area contributed by atoms with Crippen molar-refractivity contribution in [2.75, 3.05) is 13.2 Å². The van der Waals surface area contributed by atoms with E-state index < -0.39 is 11.9 Å². The van der Waals surface area contributed by atoms with Crippen LogP contribution in [-0.2, 0) is 28.5 Å². The molecule has 0 amide bonds. The Morgan fingerprint density at radius 3 is 0.978 bits per heavy atom. The van der Waals surface area contributed by atoms with E-state index in [-0.39, 0.29) is 6.42 Å². The molecule has 0 aromatic carbocycles. The van der Waals surface area contributed by atoms with Crippen LogP contribution in [0.15, 0.2) is 0 Å². The monoisotopic (exact) mass is 637 g/mol. The van der Waals surface area contributed by atoms with Crippen molar-refractivity contribution >= 4 is 11.9 Å². The van der Waals surface area contributed by atoms with Crippen LogP contribution in [0.2, 0.25) is 0 Å². The van der Waals surface area contributed by atoms with E-state index >= 15 is 0 Å². The van der Waals surface area contributed by atoms with Gasteiger partial charge in [-0.15, -0.1) is 0 Å². The molecule has 0 spiro atoms. The Morgan fingerprint density at radius 2 is 0.667 bits per heavy atom.